The minimum Gasteiger partial charge on any atom is -0.396 e. The summed E-state index contributed by atoms with van der Waals surface area (Å²) in [4.78, 5) is 0. The Labute approximate surface area is 92.1 Å². The summed E-state index contributed by atoms with van der Waals surface area (Å²) >= 11 is 0. The summed E-state index contributed by atoms with van der Waals surface area (Å²) in [6.07, 6.45) is 2.16. The number of hydrogen-bond donors (Lipinski definition) is 2. The lowest BCUT2D eigenvalue weighted by Gasteiger charge is -2.07. The number of halogens is 3. The summed E-state index contributed by atoms with van der Waals surface area (Å²) in [5.41, 5.74) is -0.165. The molecule has 0 radical (unpaired) electrons. The Morgan fingerprint density at radius 2 is 1.81 bits per heavy atom. The Kier molecular flexibility index (Phi) is 5.11. The Morgan fingerprint density at radius 3 is 2.50 bits per heavy atom. The maximum absolute atomic E-state index is 13.1. The molecule has 0 fully saturated rings. The summed E-state index contributed by atoms with van der Waals surface area (Å²) in [7, 11) is 0. The minimum absolute atomic E-state index is 0.114. The average molecular weight is 233 g/mol. The molecule has 0 aliphatic rings. The predicted molar refractivity (Wildman–Crippen MR) is 55.7 cm³/mol. The van der Waals surface area contributed by atoms with Crippen LogP contribution in [0, 0.1) is 17.5 Å². The average Bonchev–Trinajstić information content (AvgIpc) is 2.24. The third kappa shape index (κ3) is 3.73. The van der Waals surface area contributed by atoms with Gasteiger partial charge in [0, 0.05) is 25.3 Å². The van der Waals surface area contributed by atoms with Crippen LogP contribution in [0.25, 0.3) is 0 Å². The molecule has 0 atom stereocenters. The van der Waals surface area contributed by atoms with Gasteiger partial charge in [0.2, 0.25) is 0 Å². The summed E-state index contributed by atoms with van der Waals surface area (Å²) in [5, 5.41) is 11.1. The van der Waals surface area contributed by atoms with E-state index in [0.29, 0.717) is 25.5 Å². The first kappa shape index (κ1) is 12.8. The fourth-order valence-electron chi connectivity index (χ4n) is 1.32. The van der Waals surface area contributed by atoms with E-state index in [1.807, 2.05) is 0 Å². The first-order chi connectivity index (χ1) is 7.65. The van der Waals surface area contributed by atoms with E-state index in [2.05, 4.69) is 5.32 Å². The number of unbranched alkanes of at least 4 members (excludes halogenated alkanes) is 2. The van der Waals surface area contributed by atoms with E-state index < -0.39 is 17.5 Å². The van der Waals surface area contributed by atoms with E-state index in [4.69, 9.17) is 5.11 Å². The molecule has 16 heavy (non-hydrogen) atoms. The number of hydrogen-bond acceptors (Lipinski definition) is 2. The van der Waals surface area contributed by atoms with Gasteiger partial charge in [-0.25, -0.2) is 13.2 Å². The largest absolute Gasteiger partial charge is 0.396 e. The quantitative estimate of drug-likeness (QED) is 0.585. The molecule has 0 aromatic heterocycles. The second kappa shape index (κ2) is 6.37. The molecule has 2 nitrogen and oxygen atoms in total. The van der Waals surface area contributed by atoms with E-state index in [1.165, 1.54) is 0 Å². The highest BCUT2D eigenvalue weighted by Gasteiger charge is 2.09. The van der Waals surface area contributed by atoms with Crippen molar-refractivity contribution in [3.63, 3.8) is 0 Å². The first-order valence-electron chi connectivity index (χ1n) is 5.14. The molecule has 5 heteroatoms. The highest BCUT2D eigenvalue weighted by Crippen LogP contribution is 2.19. The van der Waals surface area contributed by atoms with Gasteiger partial charge in [-0.05, 0) is 19.3 Å². The number of benzene rings is 1. The Bertz CT molecular complexity index is 344. The van der Waals surface area contributed by atoms with E-state index in [9.17, 15) is 13.2 Å². The molecule has 90 valence electrons. The fraction of sp³-hybridized carbons (Fsp3) is 0.455. The van der Waals surface area contributed by atoms with Crippen LogP contribution in [-0.2, 0) is 0 Å². The fourth-order valence-corrected chi connectivity index (χ4v) is 1.32. The van der Waals surface area contributed by atoms with Crippen LogP contribution in [0.1, 0.15) is 19.3 Å². The van der Waals surface area contributed by atoms with E-state index >= 15 is 0 Å². The van der Waals surface area contributed by atoms with Crippen LogP contribution < -0.4 is 5.32 Å². The number of rotatable bonds is 6. The molecular formula is C11H14F3NO. The Morgan fingerprint density at radius 1 is 1.06 bits per heavy atom. The van der Waals surface area contributed by atoms with Crippen molar-refractivity contribution < 1.29 is 18.3 Å². The molecule has 1 rings (SSSR count). The zero-order valence-electron chi connectivity index (χ0n) is 8.77. The molecule has 0 amide bonds. The normalized spacial score (nSPS) is 10.5. The maximum atomic E-state index is 13.1. The third-order valence-electron chi connectivity index (χ3n) is 2.14. The molecule has 2 N–H and O–H groups in total. The minimum atomic E-state index is -1.20. The predicted octanol–water partition coefficient (Wildman–Crippen LogP) is 2.68. The van der Waals surface area contributed by atoms with Gasteiger partial charge in [0.05, 0.1) is 5.69 Å². The summed E-state index contributed by atoms with van der Waals surface area (Å²) in [5.74, 6) is -3.07. The highest BCUT2D eigenvalue weighted by molar-refractivity contribution is 5.45. The van der Waals surface area contributed by atoms with E-state index in [0.717, 1.165) is 12.5 Å². The van der Waals surface area contributed by atoms with Crippen LogP contribution in [0.4, 0.5) is 18.9 Å². The van der Waals surface area contributed by atoms with Gasteiger partial charge in [-0.1, -0.05) is 0 Å². The molecule has 1 aromatic carbocycles. The van der Waals surface area contributed by atoms with Crippen LogP contribution in [0.3, 0.4) is 0 Å². The molecular weight excluding hydrogens is 219 g/mol. The van der Waals surface area contributed by atoms with Crippen molar-refractivity contribution >= 4 is 5.69 Å². The number of aliphatic hydroxyl groups excluding tert-OH is 1. The molecule has 0 bridgehead atoms. The molecule has 0 heterocycles. The van der Waals surface area contributed by atoms with Crippen LogP contribution in [0.2, 0.25) is 0 Å². The highest BCUT2D eigenvalue weighted by atomic mass is 19.2. The molecule has 0 spiro atoms. The Balaban J connectivity index is 2.47. The summed E-state index contributed by atoms with van der Waals surface area (Å²) < 4.78 is 38.7. The number of nitrogens with one attached hydrogen (secondary N) is 1. The van der Waals surface area contributed by atoms with Gasteiger partial charge in [0.25, 0.3) is 0 Å². The molecule has 0 unspecified atom stereocenters. The van der Waals surface area contributed by atoms with Crippen molar-refractivity contribution in [2.45, 2.75) is 19.3 Å². The third-order valence-corrected chi connectivity index (χ3v) is 2.14. The lowest BCUT2D eigenvalue weighted by atomic mass is 10.2. The van der Waals surface area contributed by atoms with Crippen molar-refractivity contribution in [1.29, 1.82) is 0 Å². The van der Waals surface area contributed by atoms with Crippen molar-refractivity contribution in [2.75, 3.05) is 18.5 Å². The first-order valence-corrected chi connectivity index (χ1v) is 5.14. The van der Waals surface area contributed by atoms with Crippen LogP contribution in [-0.4, -0.2) is 18.3 Å². The second-order valence-corrected chi connectivity index (χ2v) is 3.46. The van der Waals surface area contributed by atoms with Crippen LogP contribution >= 0.6 is 0 Å². The molecule has 0 saturated carbocycles. The summed E-state index contributed by atoms with van der Waals surface area (Å²) in [6, 6.07) is 1.43. The number of anilines is 1. The smallest absolute Gasteiger partial charge is 0.182 e. The molecule has 0 saturated heterocycles. The van der Waals surface area contributed by atoms with Crippen molar-refractivity contribution in [3.05, 3.63) is 29.6 Å². The summed E-state index contributed by atoms with van der Waals surface area (Å²) in [6.45, 7) is 0.531. The second-order valence-electron chi connectivity index (χ2n) is 3.46. The van der Waals surface area contributed by atoms with Crippen molar-refractivity contribution in [2.24, 2.45) is 0 Å². The van der Waals surface area contributed by atoms with Crippen LogP contribution in [0.15, 0.2) is 12.1 Å². The molecule has 0 aliphatic carbocycles. The lowest BCUT2D eigenvalue weighted by Crippen LogP contribution is -2.05. The van der Waals surface area contributed by atoms with Crippen molar-refractivity contribution in [3.8, 4) is 0 Å². The molecule has 0 aliphatic heterocycles. The van der Waals surface area contributed by atoms with Gasteiger partial charge >= 0.3 is 0 Å². The van der Waals surface area contributed by atoms with E-state index in [-0.39, 0.29) is 12.3 Å². The van der Waals surface area contributed by atoms with Crippen molar-refractivity contribution in [1.82, 2.24) is 0 Å². The molecule has 1 aromatic rings. The monoisotopic (exact) mass is 233 g/mol. The Hall–Kier alpha value is -1.23. The zero-order chi connectivity index (χ0) is 12.0. The van der Waals surface area contributed by atoms with Gasteiger partial charge in [-0.2, -0.15) is 0 Å². The maximum Gasteiger partial charge on any atom is 0.182 e. The SMILES string of the molecule is OCCCCCNc1cc(F)cc(F)c1F. The number of aliphatic hydroxyl groups is 1. The van der Waals surface area contributed by atoms with Crippen LogP contribution in [0.5, 0.6) is 0 Å². The zero-order valence-corrected chi connectivity index (χ0v) is 8.77. The van der Waals surface area contributed by atoms with Gasteiger partial charge in [-0.15, -0.1) is 0 Å². The van der Waals surface area contributed by atoms with Gasteiger partial charge in [-0.3, -0.25) is 0 Å². The van der Waals surface area contributed by atoms with Gasteiger partial charge in [0.1, 0.15) is 5.82 Å². The van der Waals surface area contributed by atoms with Gasteiger partial charge in [0.15, 0.2) is 11.6 Å². The van der Waals surface area contributed by atoms with E-state index in [1.54, 1.807) is 0 Å². The topological polar surface area (TPSA) is 32.3 Å². The van der Waals surface area contributed by atoms with Gasteiger partial charge < -0.3 is 10.4 Å². The lowest BCUT2D eigenvalue weighted by molar-refractivity contribution is 0.283. The standard InChI is InChI=1S/C11H14F3NO/c12-8-6-9(13)11(14)10(7-8)15-4-2-1-3-5-16/h6-7,15-16H,1-5H2.